The van der Waals surface area contributed by atoms with Gasteiger partial charge in [-0.3, -0.25) is 9.59 Å². The fourth-order valence-electron chi connectivity index (χ4n) is 3.43. The lowest BCUT2D eigenvalue weighted by molar-refractivity contribution is 0.102. The predicted molar refractivity (Wildman–Crippen MR) is 123 cm³/mol. The van der Waals surface area contributed by atoms with Gasteiger partial charge in [0.2, 0.25) is 10.0 Å². The second-order valence-corrected chi connectivity index (χ2v) is 10.8. The van der Waals surface area contributed by atoms with Crippen LogP contribution in [0.2, 0.25) is 5.02 Å². The summed E-state index contributed by atoms with van der Waals surface area (Å²) in [7, 11) is -0.0992. The fraction of sp³-hybridized carbons (Fsp3) is 0.300. The second-order valence-electron chi connectivity index (χ2n) is 7.41. The summed E-state index contributed by atoms with van der Waals surface area (Å²) in [5.74, 6) is -0.525. The minimum absolute atomic E-state index is 0.0309. The quantitative estimate of drug-likeness (QED) is 0.619. The van der Waals surface area contributed by atoms with E-state index in [1.807, 2.05) is 7.05 Å². The van der Waals surface area contributed by atoms with Crippen molar-refractivity contribution >= 4 is 54.8 Å². The molecule has 1 aliphatic heterocycles. The summed E-state index contributed by atoms with van der Waals surface area (Å²) >= 11 is 7.30. The molecular weight excluding hydrogens is 460 g/mol. The fourth-order valence-corrected chi connectivity index (χ4v) is 6.00. The summed E-state index contributed by atoms with van der Waals surface area (Å²) in [6, 6.07) is 9.29. The lowest BCUT2D eigenvalue weighted by atomic mass is 10.2. The van der Waals surface area contributed by atoms with Gasteiger partial charge in [0.15, 0.2) is 0 Å². The summed E-state index contributed by atoms with van der Waals surface area (Å²) in [6.45, 7) is 2.08. The Labute approximate surface area is 188 Å². The minimum Gasteiger partial charge on any atom is -0.322 e. The molecule has 0 saturated carbocycles. The van der Waals surface area contributed by atoms with E-state index in [1.165, 1.54) is 27.1 Å². The largest absolute Gasteiger partial charge is 0.322 e. The van der Waals surface area contributed by atoms with Crippen molar-refractivity contribution < 1.29 is 13.2 Å². The van der Waals surface area contributed by atoms with E-state index in [9.17, 15) is 18.0 Å². The molecule has 4 rings (SSSR count). The van der Waals surface area contributed by atoms with Crippen LogP contribution >= 0.6 is 22.9 Å². The van der Waals surface area contributed by atoms with Gasteiger partial charge in [-0.2, -0.15) is 4.31 Å². The molecule has 164 valence electrons. The van der Waals surface area contributed by atoms with E-state index in [0.717, 1.165) is 21.6 Å². The van der Waals surface area contributed by atoms with E-state index < -0.39 is 15.9 Å². The number of amides is 1. The Kier molecular flexibility index (Phi) is 5.93. The molecular formula is C20H21ClN4O4S2. The van der Waals surface area contributed by atoms with Crippen LogP contribution in [0, 0.1) is 0 Å². The molecule has 1 amide bonds. The van der Waals surface area contributed by atoms with Gasteiger partial charge in [-0.15, -0.1) is 0 Å². The molecule has 1 saturated heterocycles. The molecule has 2 aromatic carbocycles. The first-order valence-corrected chi connectivity index (χ1v) is 12.2. The highest BCUT2D eigenvalue weighted by atomic mass is 35.5. The maximum absolute atomic E-state index is 13.0. The van der Waals surface area contributed by atoms with Crippen molar-refractivity contribution in [3.63, 3.8) is 0 Å². The molecule has 31 heavy (non-hydrogen) atoms. The number of thiazole rings is 1. The van der Waals surface area contributed by atoms with Gasteiger partial charge in [-0.05, 0) is 43.4 Å². The number of nitrogens with zero attached hydrogens (tertiary/aromatic N) is 3. The number of benzene rings is 2. The van der Waals surface area contributed by atoms with Crippen molar-refractivity contribution in [2.45, 2.75) is 4.90 Å². The van der Waals surface area contributed by atoms with E-state index in [-0.39, 0.29) is 20.4 Å². The van der Waals surface area contributed by atoms with Gasteiger partial charge < -0.3 is 14.8 Å². The van der Waals surface area contributed by atoms with Gasteiger partial charge in [0, 0.05) is 38.9 Å². The molecule has 3 aromatic rings. The third kappa shape index (κ3) is 4.26. The third-order valence-electron chi connectivity index (χ3n) is 5.33. The minimum atomic E-state index is -3.73. The number of aromatic nitrogens is 1. The lowest BCUT2D eigenvalue weighted by Crippen LogP contribution is -2.47. The van der Waals surface area contributed by atoms with E-state index in [4.69, 9.17) is 11.6 Å². The van der Waals surface area contributed by atoms with E-state index in [2.05, 4.69) is 10.2 Å². The highest BCUT2D eigenvalue weighted by Gasteiger charge is 2.28. The topological polar surface area (TPSA) is 91.7 Å². The van der Waals surface area contributed by atoms with Crippen LogP contribution in [-0.2, 0) is 17.1 Å². The van der Waals surface area contributed by atoms with Crippen LogP contribution in [0.15, 0.2) is 46.1 Å². The molecule has 11 heteroatoms. The number of anilines is 1. The van der Waals surface area contributed by atoms with Crippen molar-refractivity contribution in [2.24, 2.45) is 7.05 Å². The number of rotatable bonds is 4. The Balaban J connectivity index is 1.61. The Morgan fingerprint density at radius 3 is 2.48 bits per heavy atom. The second kappa shape index (κ2) is 8.36. The molecule has 1 aliphatic rings. The maximum Gasteiger partial charge on any atom is 0.307 e. The van der Waals surface area contributed by atoms with Crippen molar-refractivity contribution in [1.29, 1.82) is 0 Å². The Hall–Kier alpha value is -2.24. The first kappa shape index (κ1) is 22.0. The molecule has 0 unspecified atom stereocenters. The van der Waals surface area contributed by atoms with Crippen molar-refractivity contribution in [2.75, 3.05) is 38.5 Å². The number of piperazine rings is 1. The van der Waals surface area contributed by atoms with Crippen LogP contribution in [-0.4, -0.2) is 61.3 Å². The number of nitrogens with one attached hydrogen (secondary N) is 1. The zero-order valence-corrected chi connectivity index (χ0v) is 19.4. The van der Waals surface area contributed by atoms with Gasteiger partial charge >= 0.3 is 4.87 Å². The van der Waals surface area contributed by atoms with Gasteiger partial charge in [0.05, 0.1) is 25.7 Å². The number of halogens is 1. The number of sulfonamides is 1. The molecule has 2 heterocycles. The molecule has 0 bridgehead atoms. The van der Waals surface area contributed by atoms with Gasteiger partial charge in [-0.25, -0.2) is 8.42 Å². The van der Waals surface area contributed by atoms with Crippen LogP contribution in [0.3, 0.4) is 0 Å². The highest BCUT2D eigenvalue weighted by molar-refractivity contribution is 7.89. The Morgan fingerprint density at radius 1 is 1.06 bits per heavy atom. The molecule has 1 fully saturated rings. The maximum atomic E-state index is 13.0. The smallest absolute Gasteiger partial charge is 0.307 e. The summed E-state index contributed by atoms with van der Waals surface area (Å²) < 4.78 is 29.7. The van der Waals surface area contributed by atoms with Crippen molar-refractivity contribution in [3.05, 3.63) is 56.7 Å². The SMILES string of the molecule is CN1CCN(S(=O)(=O)c2ccc(Cl)c(C(=O)Nc3ccc4c(c3)sc(=O)n4C)c2)CC1. The summed E-state index contributed by atoms with van der Waals surface area (Å²) in [5.41, 5.74) is 1.33. The Morgan fingerprint density at radius 2 is 1.77 bits per heavy atom. The molecule has 1 N–H and O–H groups in total. The molecule has 0 atom stereocenters. The number of carbonyl (C=O) groups excluding carboxylic acids is 1. The molecule has 0 radical (unpaired) electrons. The van der Waals surface area contributed by atoms with Crippen molar-refractivity contribution in [3.8, 4) is 0 Å². The highest BCUT2D eigenvalue weighted by Crippen LogP contribution is 2.26. The number of carbonyl (C=O) groups is 1. The predicted octanol–water partition coefficient (Wildman–Crippen LogP) is 2.44. The molecule has 0 spiro atoms. The van der Waals surface area contributed by atoms with Crippen LogP contribution in [0.25, 0.3) is 10.2 Å². The normalized spacial score (nSPS) is 16.0. The Bertz CT molecular complexity index is 1320. The van der Waals surface area contributed by atoms with E-state index in [0.29, 0.717) is 31.9 Å². The number of hydrogen-bond acceptors (Lipinski definition) is 6. The standard InChI is InChI=1S/C20H21ClN4O4S2/c1-23-7-9-25(10-8-23)31(28,29)14-4-5-16(21)15(12-14)19(26)22-13-3-6-17-18(11-13)30-20(27)24(17)2/h3-6,11-12H,7-10H2,1-2H3,(H,22,26). The summed E-state index contributed by atoms with van der Waals surface area (Å²) in [5, 5.41) is 2.89. The zero-order chi connectivity index (χ0) is 22.3. The number of hydrogen-bond donors (Lipinski definition) is 1. The van der Waals surface area contributed by atoms with Crippen LogP contribution < -0.4 is 10.2 Å². The molecule has 0 aliphatic carbocycles. The summed E-state index contributed by atoms with van der Waals surface area (Å²) in [6.07, 6.45) is 0. The third-order valence-corrected chi connectivity index (χ3v) is 8.55. The average Bonchev–Trinajstić information content (AvgIpc) is 3.01. The van der Waals surface area contributed by atoms with E-state index in [1.54, 1.807) is 25.2 Å². The number of fused-ring (bicyclic) bond motifs is 1. The summed E-state index contributed by atoms with van der Waals surface area (Å²) in [4.78, 5) is 26.7. The first-order valence-electron chi connectivity index (χ1n) is 9.56. The lowest BCUT2D eigenvalue weighted by Gasteiger charge is -2.31. The average molecular weight is 481 g/mol. The number of likely N-dealkylation sites (N-methyl/N-ethyl adjacent to an activating group) is 1. The number of aryl methyl sites for hydroxylation is 1. The van der Waals surface area contributed by atoms with Gasteiger partial charge in [0.25, 0.3) is 5.91 Å². The van der Waals surface area contributed by atoms with E-state index >= 15 is 0 Å². The van der Waals surface area contributed by atoms with Crippen LogP contribution in [0.4, 0.5) is 5.69 Å². The molecule has 1 aromatic heterocycles. The zero-order valence-electron chi connectivity index (χ0n) is 17.0. The van der Waals surface area contributed by atoms with Crippen molar-refractivity contribution in [1.82, 2.24) is 13.8 Å². The molecule has 8 nitrogen and oxygen atoms in total. The van der Waals surface area contributed by atoms with Crippen LogP contribution in [0.1, 0.15) is 10.4 Å². The van der Waals surface area contributed by atoms with Crippen LogP contribution in [0.5, 0.6) is 0 Å². The van der Waals surface area contributed by atoms with Gasteiger partial charge in [-0.1, -0.05) is 22.9 Å². The monoisotopic (exact) mass is 480 g/mol. The first-order chi connectivity index (χ1) is 14.7. The van der Waals surface area contributed by atoms with Gasteiger partial charge in [0.1, 0.15) is 0 Å².